The summed E-state index contributed by atoms with van der Waals surface area (Å²) >= 11 is 1.18. The Kier molecular flexibility index (Phi) is 4.45. The number of carbonyl (C=O) groups is 1. The first-order chi connectivity index (χ1) is 9.60. The molecule has 2 rings (SSSR count). The van der Waals surface area contributed by atoms with Crippen molar-refractivity contribution < 1.29 is 14.3 Å². The van der Waals surface area contributed by atoms with Gasteiger partial charge in [0.05, 0.1) is 11.1 Å². The van der Waals surface area contributed by atoms with Gasteiger partial charge in [-0.05, 0) is 24.6 Å². The number of carbonyl (C=O) groups excluding carboxylic acids is 1. The standard InChI is InChI=1S/C14H11FN2O2S/c1-9-4-5-10(15)7-12(9)13(19)17-14-16-8-11(20-14)3-2-6-18/h4-5,7-8,18H,6H2,1H3,(H,16,17,19). The van der Waals surface area contributed by atoms with Crippen LogP contribution < -0.4 is 5.32 Å². The van der Waals surface area contributed by atoms with Crippen LogP contribution in [0.4, 0.5) is 9.52 Å². The van der Waals surface area contributed by atoms with Crippen LogP contribution in [-0.2, 0) is 0 Å². The molecule has 0 aliphatic rings. The van der Waals surface area contributed by atoms with Crippen LogP contribution in [0.3, 0.4) is 0 Å². The van der Waals surface area contributed by atoms with Crippen LogP contribution in [0.2, 0.25) is 0 Å². The molecule has 102 valence electrons. The molecule has 0 aliphatic carbocycles. The monoisotopic (exact) mass is 290 g/mol. The molecule has 0 atom stereocenters. The Hall–Kier alpha value is -2.23. The van der Waals surface area contributed by atoms with Gasteiger partial charge in [-0.1, -0.05) is 29.2 Å². The van der Waals surface area contributed by atoms with Gasteiger partial charge in [0.2, 0.25) is 0 Å². The number of aliphatic hydroxyl groups excluding tert-OH is 1. The van der Waals surface area contributed by atoms with E-state index < -0.39 is 11.7 Å². The molecule has 0 unspecified atom stereocenters. The van der Waals surface area contributed by atoms with Crippen molar-refractivity contribution in [1.82, 2.24) is 4.98 Å². The Morgan fingerprint density at radius 2 is 2.35 bits per heavy atom. The van der Waals surface area contributed by atoms with Gasteiger partial charge in [0.1, 0.15) is 12.4 Å². The van der Waals surface area contributed by atoms with Gasteiger partial charge >= 0.3 is 0 Å². The number of benzene rings is 1. The largest absolute Gasteiger partial charge is 0.384 e. The Morgan fingerprint density at radius 1 is 1.55 bits per heavy atom. The van der Waals surface area contributed by atoms with E-state index in [1.165, 1.54) is 29.7 Å². The van der Waals surface area contributed by atoms with Crippen LogP contribution in [0.1, 0.15) is 20.8 Å². The summed E-state index contributed by atoms with van der Waals surface area (Å²) in [5, 5.41) is 11.6. The number of rotatable bonds is 2. The lowest BCUT2D eigenvalue weighted by molar-refractivity contribution is 0.102. The number of aliphatic hydroxyl groups is 1. The summed E-state index contributed by atoms with van der Waals surface area (Å²) in [7, 11) is 0. The maximum atomic E-state index is 13.2. The molecule has 0 saturated carbocycles. The molecule has 0 spiro atoms. The number of anilines is 1. The summed E-state index contributed by atoms with van der Waals surface area (Å²) in [6.07, 6.45) is 1.50. The van der Waals surface area contributed by atoms with E-state index in [1.807, 2.05) is 0 Å². The highest BCUT2D eigenvalue weighted by Gasteiger charge is 2.12. The highest BCUT2D eigenvalue weighted by Crippen LogP contribution is 2.19. The highest BCUT2D eigenvalue weighted by atomic mass is 32.1. The topological polar surface area (TPSA) is 62.2 Å². The zero-order valence-corrected chi connectivity index (χ0v) is 11.4. The minimum Gasteiger partial charge on any atom is -0.384 e. The van der Waals surface area contributed by atoms with E-state index in [9.17, 15) is 9.18 Å². The third-order valence-corrected chi connectivity index (χ3v) is 3.29. The number of nitrogens with one attached hydrogen (secondary N) is 1. The number of aryl methyl sites for hydroxylation is 1. The van der Waals surface area contributed by atoms with Gasteiger partial charge in [0, 0.05) is 5.56 Å². The maximum absolute atomic E-state index is 13.2. The van der Waals surface area contributed by atoms with Crippen molar-refractivity contribution in [1.29, 1.82) is 0 Å². The summed E-state index contributed by atoms with van der Waals surface area (Å²) in [5.41, 5.74) is 0.948. The summed E-state index contributed by atoms with van der Waals surface area (Å²) in [5.74, 6) is 4.30. The summed E-state index contributed by atoms with van der Waals surface area (Å²) < 4.78 is 13.2. The minimum atomic E-state index is -0.464. The molecule has 1 amide bonds. The fraction of sp³-hybridized carbons (Fsp3) is 0.143. The molecule has 1 aromatic carbocycles. The van der Waals surface area contributed by atoms with E-state index in [2.05, 4.69) is 22.1 Å². The first kappa shape index (κ1) is 14.2. The quantitative estimate of drug-likeness (QED) is 0.833. The van der Waals surface area contributed by atoms with Crippen molar-refractivity contribution in [2.75, 3.05) is 11.9 Å². The third-order valence-electron chi connectivity index (χ3n) is 2.46. The number of hydrogen-bond acceptors (Lipinski definition) is 4. The van der Waals surface area contributed by atoms with Crippen molar-refractivity contribution in [2.24, 2.45) is 0 Å². The number of thiazole rings is 1. The Bertz CT molecular complexity index is 701. The first-order valence-corrected chi connectivity index (χ1v) is 6.55. The van der Waals surface area contributed by atoms with Crippen LogP contribution >= 0.6 is 11.3 Å². The molecule has 2 aromatic rings. The summed E-state index contributed by atoms with van der Waals surface area (Å²) in [4.78, 5) is 16.6. The number of aromatic nitrogens is 1. The number of hydrogen-bond donors (Lipinski definition) is 2. The second kappa shape index (κ2) is 6.28. The van der Waals surface area contributed by atoms with Crippen molar-refractivity contribution in [3.63, 3.8) is 0 Å². The van der Waals surface area contributed by atoms with Crippen molar-refractivity contribution >= 4 is 22.4 Å². The lowest BCUT2D eigenvalue weighted by atomic mass is 10.1. The molecule has 6 heteroatoms. The molecule has 2 N–H and O–H groups in total. The number of nitrogens with zero attached hydrogens (tertiary/aromatic N) is 1. The Labute approximate surface area is 119 Å². The predicted molar refractivity (Wildman–Crippen MR) is 75.2 cm³/mol. The zero-order valence-electron chi connectivity index (χ0n) is 10.6. The molecule has 1 aromatic heterocycles. The van der Waals surface area contributed by atoms with Gasteiger partial charge in [0.25, 0.3) is 5.91 Å². The van der Waals surface area contributed by atoms with E-state index >= 15 is 0 Å². The average Bonchev–Trinajstić information content (AvgIpc) is 2.86. The Balaban J connectivity index is 2.15. The second-order valence-electron chi connectivity index (χ2n) is 3.90. The third kappa shape index (κ3) is 3.41. The molecule has 0 bridgehead atoms. The van der Waals surface area contributed by atoms with Gasteiger partial charge < -0.3 is 5.11 Å². The van der Waals surface area contributed by atoms with Gasteiger partial charge in [-0.25, -0.2) is 9.37 Å². The van der Waals surface area contributed by atoms with Gasteiger partial charge in [-0.3, -0.25) is 10.1 Å². The molecule has 20 heavy (non-hydrogen) atoms. The number of amides is 1. The summed E-state index contributed by atoms with van der Waals surface area (Å²) in [6.45, 7) is 1.50. The van der Waals surface area contributed by atoms with Crippen molar-refractivity contribution in [2.45, 2.75) is 6.92 Å². The van der Waals surface area contributed by atoms with E-state index in [1.54, 1.807) is 13.0 Å². The van der Waals surface area contributed by atoms with Crippen LogP contribution in [0.25, 0.3) is 0 Å². The van der Waals surface area contributed by atoms with Crippen molar-refractivity contribution in [3.8, 4) is 11.8 Å². The van der Waals surface area contributed by atoms with Gasteiger partial charge in [-0.2, -0.15) is 0 Å². The molecule has 0 aliphatic heterocycles. The lowest BCUT2D eigenvalue weighted by Crippen LogP contribution is -2.13. The van der Waals surface area contributed by atoms with E-state index in [4.69, 9.17) is 5.11 Å². The van der Waals surface area contributed by atoms with Crippen LogP contribution in [0, 0.1) is 24.6 Å². The molecule has 4 nitrogen and oxygen atoms in total. The normalized spacial score (nSPS) is 9.75. The molecule has 1 heterocycles. The average molecular weight is 290 g/mol. The SMILES string of the molecule is Cc1ccc(F)cc1C(=O)Nc1ncc(C#CCO)s1. The van der Waals surface area contributed by atoms with Crippen LogP contribution in [0.5, 0.6) is 0 Å². The minimum absolute atomic E-state index is 0.234. The lowest BCUT2D eigenvalue weighted by Gasteiger charge is -2.05. The molecule has 0 saturated heterocycles. The Morgan fingerprint density at radius 3 is 3.10 bits per heavy atom. The van der Waals surface area contributed by atoms with Gasteiger partial charge in [-0.15, -0.1) is 0 Å². The zero-order chi connectivity index (χ0) is 14.5. The molecule has 0 fully saturated rings. The predicted octanol–water partition coefficient (Wildman–Crippen LogP) is 2.19. The fourth-order valence-electron chi connectivity index (χ4n) is 1.52. The van der Waals surface area contributed by atoms with E-state index in [-0.39, 0.29) is 12.2 Å². The van der Waals surface area contributed by atoms with Gasteiger partial charge in [0.15, 0.2) is 5.13 Å². The second-order valence-corrected chi connectivity index (χ2v) is 4.93. The fourth-order valence-corrected chi connectivity index (χ4v) is 2.21. The maximum Gasteiger partial charge on any atom is 0.257 e. The molecular weight excluding hydrogens is 279 g/mol. The van der Waals surface area contributed by atoms with E-state index in [0.717, 1.165) is 0 Å². The highest BCUT2D eigenvalue weighted by molar-refractivity contribution is 7.16. The van der Waals surface area contributed by atoms with Crippen molar-refractivity contribution in [3.05, 3.63) is 46.2 Å². The van der Waals surface area contributed by atoms with Crippen LogP contribution in [0.15, 0.2) is 24.4 Å². The number of halogens is 1. The molecular formula is C14H11FN2O2S. The van der Waals surface area contributed by atoms with E-state index in [0.29, 0.717) is 15.6 Å². The first-order valence-electron chi connectivity index (χ1n) is 5.73. The van der Waals surface area contributed by atoms with Crippen LogP contribution in [-0.4, -0.2) is 22.6 Å². The molecule has 0 radical (unpaired) electrons. The summed E-state index contributed by atoms with van der Waals surface area (Å²) in [6, 6.07) is 4.03. The smallest absolute Gasteiger partial charge is 0.257 e.